The van der Waals surface area contributed by atoms with E-state index in [0.29, 0.717) is 0 Å². The van der Waals surface area contributed by atoms with Gasteiger partial charge in [-0.1, -0.05) is 0 Å². The quantitative estimate of drug-likeness (QED) is 0.507. The first-order valence-electron chi connectivity index (χ1n) is 2.59. The van der Waals surface area contributed by atoms with Crippen LogP contribution in [0.2, 0.25) is 0 Å². The van der Waals surface area contributed by atoms with E-state index in [9.17, 15) is 0 Å². The molecule has 2 N–H and O–H groups in total. The van der Waals surface area contributed by atoms with Gasteiger partial charge in [0.25, 0.3) is 0 Å². The Bertz CT molecular complexity index is 167. The fourth-order valence-corrected chi connectivity index (χ4v) is 0.333. The molecule has 0 amide bonds. The van der Waals surface area contributed by atoms with Crippen molar-refractivity contribution in [1.29, 1.82) is 0 Å². The molecule has 0 saturated carbocycles. The van der Waals surface area contributed by atoms with E-state index in [2.05, 4.69) is 30.8 Å². The van der Waals surface area contributed by atoms with Gasteiger partial charge >= 0.3 is 23.1 Å². The van der Waals surface area contributed by atoms with Gasteiger partial charge in [0, 0.05) is 8.41 Å². The Balaban J connectivity index is -0.0000000556. The Morgan fingerprint density at radius 1 is 0.750 bits per heavy atom. The monoisotopic (exact) mass is 175 g/mol. The number of aromatic nitrogens is 6. The van der Waals surface area contributed by atoms with E-state index < -0.39 is 0 Å². The Labute approximate surface area is 90.2 Å². The van der Waals surface area contributed by atoms with Crippen LogP contribution in [0.5, 0.6) is 0 Å². The summed E-state index contributed by atoms with van der Waals surface area (Å²) in [7, 11) is 0. The molecular weight excluding hydrogens is 167 g/mol. The van der Waals surface area contributed by atoms with Gasteiger partial charge < -0.3 is 2.85 Å². The molecule has 12 heavy (non-hydrogen) atoms. The fourth-order valence-electron chi connectivity index (χ4n) is 0.333. The van der Waals surface area contributed by atoms with Crippen molar-refractivity contribution in [2.75, 3.05) is 0 Å². The van der Waals surface area contributed by atoms with Gasteiger partial charge in [-0.3, -0.25) is 0 Å². The van der Waals surface area contributed by atoms with Crippen LogP contribution in [0.4, 0.5) is 0 Å². The van der Waals surface area contributed by atoms with Crippen LogP contribution in [-0.2, 0) is 0 Å². The normalized spacial score (nSPS) is 6.67. The van der Waals surface area contributed by atoms with Gasteiger partial charge in [-0.2, -0.15) is 30.8 Å². The van der Waals surface area contributed by atoms with Gasteiger partial charge in [-0.25, -0.2) is 0 Å². The second-order valence-electron chi connectivity index (χ2n) is 1.31. The van der Waals surface area contributed by atoms with E-state index in [1.54, 1.807) is 24.8 Å². The van der Waals surface area contributed by atoms with Crippen molar-refractivity contribution < 1.29 is 2.85 Å². The van der Waals surface area contributed by atoms with E-state index in [0.717, 1.165) is 0 Å². The van der Waals surface area contributed by atoms with Crippen LogP contribution in [-0.4, -0.2) is 62.3 Å². The van der Waals surface area contributed by atoms with Crippen molar-refractivity contribution >= 4 is 31.5 Å². The predicted molar refractivity (Wildman–Crippen MR) is 46.5 cm³/mol. The summed E-state index contributed by atoms with van der Waals surface area (Å²) in [6.45, 7) is 0. The summed E-state index contributed by atoms with van der Waals surface area (Å²) < 4.78 is 0. The van der Waals surface area contributed by atoms with Crippen LogP contribution < -0.4 is 0 Å². The molecule has 0 atom stereocenters. The first kappa shape index (κ1) is 13.7. The van der Waals surface area contributed by atoms with Gasteiger partial charge in [0.1, 0.15) is 0 Å². The third-order valence-corrected chi connectivity index (χ3v) is 0.662. The van der Waals surface area contributed by atoms with Gasteiger partial charge in [0.15, 0.2) is 0 Å². The first-order valence-corrected chi connectivity index (χ1v) is 2.59. The summed E-state index contributed by atoms with van der Waals surface area (Å²) in [5.41, 5.74) is 0. The molecule has 0 unspecified atom stereocenters. The second kappa shape index (κ2) is 10.1. The van der Waals surface area contributed by atoms with Crippen LogP contribution in [0.3, 0.4) is 0 Å². The summed E-state index contributed by atoms with van der Waals surface area (Å²) in [6.07, 6.45) is 6.33. The van der Waals surface area contributed by atoms with Crippen molar-refractivity contribution in [3.05, 3.63) is 24.8 Å². The van der Waals surface area contributed by atoms with Crippen LogP contribution >= 0.6 is 0 Å². The molecule has 0 spiro atoms. The largest absolute Gasteiger partial charge is 2.00 e. The second-order valence-corrected chi connectivity index (χ2v) is 1.31. The number of nitrogens with one attached hydrogen (secondary N) is 2. The van der Waals surface area contributed by atoms with E-state index in [1.165, 1.54) is 0 Å². The molecule has 0 saturated heterocycles. The number of H-pyrrole nitrogens is 2. The third kappa shape index (κ3) is 7.22. The zero-order valence-electron chi connectivity index (χ0n) is 8.38. The van der Waals surface area contributed by atoms with Crippen molar-refractivity contribution in [3.8, 4) is 0 Å². The number of hydrogen-bond acceptors (Lipinski definition) is 4. The minimum absolute atomic E-state index is 0. The Hall–Kier alpha value is -0.889. The third-order valence-electron chi connectivity index (χ3n) is 0.662. The molecule has 0 bridgehead atoms. The predicted octanol–water partition coefficient (Wildman–Crippen LogP) is -0.927. The molecule has 2 heterocycles. The molecule has 0 aromatic carbocycles. The summed E-state index contributed by atoms with van der Waals surface area (Å²) in [5.74, 6) is 0. The summed E-state index contributed by atoms with van der Waals surface area (Å²) in [5, 5.41) is 18.7. The van der Waals surface area contributed by atoms with Crippen LogP contribution in [0.15, 0.2) is 24.8 Å². The van der Waals surface area contributed by atoms with E-state index >= 15 is 0 Å². The molecule has 6 nitrogen and oxygen atoms in total. The molecule has 59 valence electrons. The molecule has 0 aliphatic heterocycles. The molecular formula is C4H8BMgN6. The van der Waals surface area contributed by atoms with Crippen LogP contribution in [0.1, 0.15) is 2.85 Å². The smallest absolute Gasteiger partial charge is 1.00 e. The summed E-state index contributed by atoms with van der Waals surface area (Å²) in [6, 6.07) is 0. The standard InChI is InChI=1S/2C2H3N3.B.Mg.2H/c2*1-2-4-5-3-1;;;;/h2*1-2H,(H,3,4,5);;;;/q;;;+2;2*-1. The van der Waals surface area contributed by atoms with Gasteiger partial charge in [-0.15, -0.1) is 0 Å². The maximum atomic E-state index is 3.49. The zero-order chi connectivity index (χ0) is 7.07. The fraction of sp³-hybridized carbons (Fsp3) is 0. The minimum Gasteiger partial charge on any atom is -1.00 e. The van der Waals surface area contributed by atoms with E-state index in [4.69, 9.17) is 0 Å². The van der Waals surface area contributed by atoms with Crippen LogP contribution in [0, 0.1) is 0 Å². The van der Waals surface area contributed by atoms with E-state index in [1.807, 2.05) is 0 Å². The van der Waals surface area contributed by atoms with Gasteiger partial charge in [0.2, 0.25) is 0 Å². The summed E-state index contributed by atoms with van der Waals surface area (Å²) in [4.78, 5) is 0. The van der Waals surface area contributed by atoms with Gasteiger partial charge in [0.05, 0.1) is 24.8 Å². The SMILES string of the molecule is [B].[H-].[H-].[Mg+2].c1cn[nH]n1.c1cn[nH]n1. The molecule has 8 heteroatoms. The van der Waals surface area contributed by atoms with Crippen molar-refractivity contribution in [3.63, 3.8) is 0 Å². The first-order chi connectivity index (χ1) is 5.00. The van der Waals surface area contributed by atoms with Gasteiger partial charge in [-0.05, 0) is 0 Å². The maximum absolute atomic E-state index is 3.49. The van der Waals surface area contributed by atoms with Crippen molar-refractivity contribution in [1.82, 2.24) is 30.8 Å². The number of nitrogens with zero attached hydrogens (tertiary/aromatic N) is 4. The Kier molecular flexibility index (Phi) is 11.5. The molecule has 2 aromatic heterocycles. The topological polar surface area (TPSA) is 83.1 Å². The number of hydrogen-bond donors (Lipinski definition) is 2. The Morgan fingerprint density at radius 2 is 1.00 bits per heavy atom. The van der Waals surface area contributed by atoms with Crippen molar-refractivity contribution in [2.45, 2.75) is 0 Å². The zero-order valence-corrected chi connectivity index (χ0v) is 7.80. The summed E-state index contributed by atoms with van der Waals surface area (Å²) >= 11 is 0. The molecule has 3 radical (unpaired) electrons. The molecule has 0 aliphatic rings. The maximum Gasteiger partial charge on any atom is 2.00 e. The number of aromatic amines is 2. The average Bonchev–Trinajstić information content (AvgIpc) is 2.67. The van der Waals surface area contributed by atoms with Crippen LogP contribution in [0.25, 0.3) is 0 Å². The Morgan fingerprint density at radius 3 is 1.08 bits per heavy atom. The molecule has 0 aliphatic carbocycles. The van der Waals surface area contributed by atoms with Crippen molar-refractivity contribution in [2.24, 2.45) is 0 Å². The molecule has 2 rings (SSSR count). The number of rotatable bonds is 0. The average molecular weight is 175 g/mol. The molecule has 2 aromatic rings. The molecule has 0 fully saturated rings. The minimum atomic E-state index is 0. The van der Waals surface area contributed by atoms with E-state index in [-0.39, 0.29) is 34.3 Å².